The molecule has 2 unspecified atom stereocenters. The van der Waals surface area contributed by atoms with E-state index in [1.807, 2.05) is 30.3 Å². The SMILES string of the molecule is O=C(OCC12CC3CC(C1)C(OC(=O)C(F)(F)S(=O)(=O)O)C(C3)C2)c1cccc2ccccc12. The van der Waals surface area contributed by atoms with Gasteiger partial charge < -0.3 is 9.47 Å². The molecule has 0 spiro atoms. The monoisotopic (exact) mass is 494 g/mol. The number of rotatable bonds is 6. The molecule has 182 valence electrons. The molecule has 4 fully saturated rings. The molecule has 0 saturated heterocycles. The highest BCUT2D eigenvalue weighted by molar-refractivity contribution is 7.87. The number of benzene rings is 2. The van der Waals surface area contributed by atoms with Gasteiger partial charge >= 0.3 is 27.3 Å². The van der Waals surface area contributed by atoms with Gasteiger partial charge in [0.05, 0.1) is 12.2 Å². The molecule has 4 saturated carbocycles. The summed E-state index contributed by atoms with van der Waals surface area (Å²) in [4.78, 5) is 24.8. The number of halogens is 2. The van der Waals surface area contributed by atoms with Crippen LogP contribution in [0.4, 0.5) is 8.78 Å². The summed E-state index contributed by atoms with van der Waals surface area (Å²) in [6.45, 7) is 0.181. The highest BCUT2D eigenvalue weighted by atomic mass is 32.2. The molecule has 2 aromatic rings. The van der Waals surface area contributed by atoms with Crippen molar-refractivity contribution in [2.75, 3.05) is 6.61 Å². The second-order valence-electron chi connectivity index (χ2n) is 9.93. The predicted octanol–water partition coefficient (Wildman–Crippen LogP) is 4.22. The van der Waals surface area contributed by atoms with Gasteiger partial charge in [-0.1, -0.05) is 36.4 Å². The molecule has 1 N–H and O–H groups in total. The van der Waals surface area contributed by atoms with Crippen LogP contribution in [0.3, 0.4) is 0 Å². The molecule has 6 rings (SSSR count). The van der Waals surface area contributed by atoms with Crippen molar-refractivity contribution in [3.8, 4) is 0 Å². The van der Waals surface area contributed by atoms with Gasteiger partial charge in [-0.25, -0.2) is 9.59 Å². The van der Waals surface area contributed by atoms with E-state index in [2.05, 4.69) is 0 Å². The Morgan fingerprint density at radius 3 is 2.35 bits per heavy atom. The van der Waals surface area contributed by atoms with Crippen LogP contribution in [0.5, 0.6) is 0 Å². The summed E-state index contributed by atoms with van der Waals surface area (Å²) in [5.74, 6) is -2.84. The Kier molecular flexibility index (Phi) is 5.44. The van der Waals surface area contributed by atoms with Gasteiger partial charge in [0.1, 0.15) is 6.10 Å². The average Bonchev–Trinajstić information content (AvgIpc) is 2.78. The van der Waals surface area contributed by atoms with Gasteiger partial charge in [-0.05, 0) is 66.7 Å². The number of alkyl halides is 2. The van der Waals surface area contributed by atoms with E-state index in [4.69, 9.17) is 14.0 Å². The molecule has 0 aromatic heterocycles. The second kappa shape index (κ2) is 7.98. The lowest BCUT2D eigenvalue weighted by Gasteiger charge is -2.59. The van der Waals surface area contributed by atoms with Gasteiger partial charge in [-0.15, -0.1) is 0 Å². The summed E-state index contributed by atoms with van der Waals surface area (Å²) >= 11 is 0. The van der Waals surface area contributed by atoms with Gasteiger partial charge in [0.25, 0.3) is 0 Å². The van der Waals surface area contributed by atoms with E-state index >= 15 is 0 Å². The summed E-state index contributed by atoms with van der Waals surface area (Å²) in [6.07, 6.45) is 2.38. The van der Waals surface area contributed by atoms with E-state index < -0.39 is 33.4 Å². The minimum Gasteiger partial charge on any atom is -0.461 e. The zero-order valence-electron chi connectivity index (χ0n) is 18.2. The van der Waals surface area contributed by atoms with Crippen molar-refractivity contribution >= 4 is 32.8 Å². The number of carbonyl (C=O) groups excluding carboxylic acids is 2. The highest BCUT2D eigenvalue weighted by Gasteiger charge is 2.60. The third-order valence-corrected chi connectivity index (χ3v) is 8.45. The maximum atomic E-state index is 13.7. The van der Waals surface area contributed by atoms with E-state index in [9.17, 15) is 26.8 Å². The number of esters is 2. The molecule has 7 nitrogen and oxygen atoms in total. The minimum absolute atomic E-state index is 0.181. The molecule has 0 amide bonds. The third kappa shape index (κ3) is 3.86. The van der Waals surface area contributed by atoms with Crippen LogP contribution < -0.4 is 0 Å². The molecular weight excluding hydrogens is 470 g/mol. The molecule has 0 heterocycles. The van der Waals surface area contributed by atoms with Gasteiger partial charge in [0.2, 0.25) is 0 Å². The average molecular weight is 495 g/mol. The minimum atomic E-state index is -5.92. The molecule has 4 aliphatic carbocycles. The Morgan fingerprint density at radius 2 is 1.68 bits per heavy atom. The van der Waals surface area contributed by atoms with E-state index in [1.165, 1.54) is 0 Å². The predicted molar refractivity (Wildman–Crippen MR) is 117 cm³/mol. The van der Waals surface area contributed by atoms with Crippen molar-refractivity contribution in [1.82, 2.24) is 0 Å². The summed E-state index contributed by atoms with van der Waals surface area (Å²) in [6, 6.07) is 12.9. The molecule has 0 aliphatic heterocycles. The van der Waals surface area contributed by atoms with Crippen molar-refractivity contribution in [3.05, 3.63) is 48.0 Å². The lowest BCUT2D eigenvalue weighted by Crippen LogP contribution is -2.57. The van der Waals surface area contributed by atoms with Crippen molar-refractivity contribution in [3.63, 3.8) is 0 Å². The van der Waals surface area contributed by atoms with Crippen LogP contribution in [-0.4, -0.2) is 42.9 Å². The topological polar surface area (TPSA) is 107 Å². The lowest BCUT2D eigenvalue weighted by molar-refractivity contribution is -0.198. The van der Waals surface area contributed by atoms with Gasteiger partial charge in [-0.3, -0.25) is 4.55 Å². The fourth-order valence-electron chi connectivity index (χ4n) is 6.51. The molecule has 2 atom stereocenters. The van der Waals surface area contributed by atoms with E-state index in [0.29, 0.717) is 37.2 Å². The van der Waals surface area contributed by atoms with Crippen molar-refractivity contribution < 1.29 is 40.8 Å². The molecule has 34 heavy (non-hydrogen) atoms. The number of carbonyl (C=O) groups is 2. The van der Waals surface area contributed by atoms with E-state index in [1.54, 1.807) is 12.1 Å². The number of fused-ring (bicyclic) bond motifs is 1. The normalized spacial score (nSPS) is 30.3. The molecule has 4 bridgehead atoms. The Balaban J connectivity index is 1.29. The largest absolute Gasteiger partial charge is 0.465 e. The number of hydrogen-bond acceptors (Lipinski definition) is 6. The van der Waals surface area contributed by atoms with Gasteiger partial charge in [0.15, 0.2) is 0 Å². The first kappa shape index (κ1) is 23.2. The molecule has 4 aliphatic rings. The number of ether oxygens (including phenoxy) is 2. The Bertz CT molecular complexity index is 1240. The quantitative estimate of drug-likeness (QED) is 0.473. The highest BCUT2D eigenvalue weighted by Crippen LogP contribution is 2.61. The van der Waals surface area contributed by atoms with Crippen LogP contribution in [0, 0.1) is 23.2 Å². The van der Waals surface area contributed by atoms with E-state index in [-0.39, 0.29) is 23.9 Å². The first-order valence-electron chi connectivity index (χ1n) is 11.2. The van der Waals surface area contributed by atoms with E-state index in [0.717, 1.165) is 17.2 Å². The Morgan fingerprint density at radius 1 is 1.03 bits per heavy atom. The summed E-state index contributed by atoms with van der Waals surface area (Å²) in [5.41, 5.74) is 0.146. The van der Waals surface area contributed by atoms with Crippen LogP contribution in [-0.2, 0) is 24.4 Å². The summed E-state index contributed by atoms with van der Waals surface area (Å²) in [7, 11) is -5.92. The van der Waals surface area contributed by atoms with Crippen LogP contribution in [0.15, 0.2) is 42.5 Å². The fraction of sp³-hybridized carbons (Fsp3) is 0.500. The molecule has 0 radical (unpaired) electrons. The zero-order valence-corrected chi connectivity index (χ0v) is 19.0. The fourth-order valence-corrected chi connectivity index (χ4v) is 6.77. The van der Waals surface area contributed by atoms with Crippen LogP contribution in [0.25, 0.3) is 10.8 Å². The van der Waals surface area contributed by atoms with Gasteiger partial charge in [0, 0.05) is 5.41 Å². The smallest absolute Gasteiger partial charge is 0.461 e. The number of hydrogen-bond donors (Lipinski definition) is 1. The summed E-state index contributed by atoms with van der Waals surface area (Å²) < 4.78 is 68.7. The van der Waals surface area contributed by atoms with Crippen molar-refractivity contribution in [2.24, 2.45) is 23.2 Å². The van der Waals surface area contributed by atoms with Crippen molar-refractivity contribution in [1.29, 1.82) is 0 Å². The zero-order chi connectivity index (χ0) is 24.3. The maximum absolute atomic E-state index is 13.7. The summed E-state index contributed by atoms with van der Waals surface area (Å²) in [5, 5.41) is -3.28. The van der Waals surface area contributed by atoms with Crippen LogP contribution >= 0.6 is 0 Å². The second-order valence-corrected chi connectivity index (χ2v) is 11.4. The first-order valence-corrected chi connectivity index (χ1v) is 12.6. The third-order valence-electron chi connectivity index (χ3n) is 7.64. The Hall–Kier alpha value is -2.59. The maximum Gasteiger partial charge on any atom is 0.465 e. The molecular formula is C24H24F2O7S. The standard InChI is InChI=1S/C24H24F2O7S/c25-24(26,34(29,30)31)22(28)33-20-16-8-14-9-17(20)12-23(10-14,11-16)13-32-21(27)19-7-3-5-15-4-1-2-6-18(15)19/h1-7,14,16-17,20H,8-13H2,(H,29,30,31). The first-order chi connectivity index (χ1) is 16.0. The van der Waals surface area contributed by atoms with Crippen molar-refractivity contribution in [2.45, 2.75) is 43.5 Å². The van der Waals surface area contributed by atoms with Crippen LogP contribution in [0.1, 0.15) is 42.5 Å². The molecule has 10 heteroatoms. The Labute approximate surface area is 195 Å². The lowest BCUT2D eigenvalue weighted by atomic mass is 9.49. The van der Waals surface area contributed by atoms with Crippen LogP contribution in [0.2, 0.25) is 0 Å². The van der Waals surface area contributed by atoms with Gasteiger partial charge in [-0.2, -0.15) is 17.2 Å². The molecule has 2 aromatic carbocycles.